The first kappa shape index (κ1) is 24.9. The molecule has 0 aliphatic carbocycles. The van der Waals surface area contributed by atoms with Gasteiger partial charge in [0.1, 0.15) is 4.90 Å². The summed E-state index contributed by atoms with van der Waals surface area (Å²) in [5.74, 6) is -1.71. The Hall–Kier alpha value is -1.15. The molecule has 1 rings (SSSR count). The minimum absolute atomic E-state index is 0.186. The molecule has 0 aliphatic rings. The van der Waals surface area contributed by atoms with Crippen LogP contribution in [-0.2, 0) is 19.3 Å². The Morgan fingerprint density at radius 1 is 1.21 bits per heavy atom. The molecule has 0 atom stereocenters. The van der Waals surface area contributed by atoms with Crippen LogP contribution < -0.4 is 14.9 Å². The summed E-state index contributed by atoms with van der Waals surface area (Å²) in [7, 11) is -6.77. The zero-order valence-corrected chi connectivity index (χ0v) is 19.3. The summed E-state index contributed by atoms with van der Waals surface area (Å²) in [6.45, 7) is 8.87. The molecule has 0 heterocycles. The van der Waals surface area contributed by atoms with Crippen LogP contribution in [0.2, 0.25) is 18.1 Å². The number of alkyl halides is 3. The van der Waals surface area contributed by atoms with E-state index in [1.807, 2.05) is 38.6 Å². The molecule has 0 bridgehead atoms. The van der Waals surface area contributed by atoms with Crippen molar-refractivity contribution < 1.29 is 35.6 Å². The molecule has 1 aromatic carbocycles. The van der Waals surface area contributed by atoms with Crippen LogP contribution in [0, 0.1) is 0 Å². The average Bonchev–Trinajstić information content (AvgIpc) is 2.48. The highest BCUT2D eigenvalue weighted by molar-refractivity contribution is 9.10. The second kappa shape index (κ2) is 8.69. The van der Waals surface area contributed by atoms with Gasteiger partial charge in [-0.25, -0.2) is 18.6 Å². The Morgan fingerprint density at radius 2 is 1.79 bits per heavy atom. The van der Waals surface area contributed by atoms with E-state index in [0.29, 0.717) is 0 Å². The summed E-state index contributed by atoms with van der Waals surface area (Å²) in [4.78, 5) is 11.1. The Balaban J connectivity index is 2.86. The molecule has 0 saturated carbocycles. The molecule has 0 spiro atoms. The van der Waals surface area contributed by atoms with Crippen LogP contribution in [0.15, 0.2) is 27.6 Å². The molecular formula is C15H22BrF3N2O5SSi. The van der Waals surface area contributed by atoms with Gasteiger partial charge >= 0.3 is 6.36 Å². The van der Waals surface area contributed by atoms with Crippen molar-refractivity contribution in [2.45, 2.75) is 50.2 Å². The van der Waals surface area contributed by atoms with Gasteiger partial charge in [0, 0.05) is 4.47 Å². The minimum atomic E-state index is -5.08. The van der Waals surface area contributed by atoms with E-state index >= 15 is 0 Å². The number of ether oxygens (including phenoxy) is 1. The summed E-state index contributed by atoms with van der Waals surface area (Å²) >= 11 is 2.95. The fourth-order valence-corrected chi connectivity index (χ4v) is 3.62. The van der Waals surface area contributed by atoms with Gasteiger partial charge in [0.05, 0.1) is 6.54 Å². The largest absolute Gasteiger partial charge is 0.573 e. The van der Waals surface area contributed by atoms with E-state index in [4.69, 9.17) is 4.53 Å². The van der Waals surface area contributed by atoms with Crippen molar-refractivity contribution >= 4 is 40.2 Å². The van der Waals surface area contributed by atoms with E-state index in [9.17, 15) is 26.4 Å². The zero-order valence-electron chi connectivity index (χ0n) is 15.9. The smallest absolute Gasteiger partial charge is 0.404 e. The molecule has 0 aliphatic heterocycles. The number of halogens is 4. The van der Waals surface area contributed by atoms with Crippen LogP contribution in [0.1, 0.15) is 20.8 Å². The second-order valence-electron chi connectivity index (χ2n) is 7.35. The number of sulfonamides is 1. The number of benzene rings is 1. The maximum atomic E-state index is 12.5. The van der Waals surface area contributed by atoms with Crippen molar-refractivity contribution in [1.82, 2.24) is 10.2 Å². The van der Waals surface area contributed by atoms with Gasteiger partial charge in [-0.3, -0.25) is 4.79 Å². The van der Waals surface area contributed by atoms with Crippen molar-refractivity contribution in [1.29, 1.82) is 0 Å². The molecular weight excluding hydrogens is 485 g/mol. The van der Waals surface area contributed by atoms with Crippen molar-refractivity contribution in [2.24, 2.45) is 0 Å². The van der Waals surface area contributed by atoms with Crippen LogP contribution in [0.3, 0.4) is 0 Å². The molecule has 2 N–H and O–H groups in total. The van der Waals surface area contributed by atoms with Gasteiger partial charge in [-0.05, 0) is 36.3 Å². The lowest BCUT2D eigenvalue weighted by Crippen LogP contribution is -2.48. The number of nitrogens with one attached hydrogen (secondary N) is 2. The minimum Gasteiger partial charge on any atom is -0.404 e. The zero-order chi connectivity index (χ0) is 22.0. The summed E-state index contributed by atoms with van der Waals surface area (Å²) < 4.78 is 73.6. The van der Waals surface area contributed by atoms with Gasteiger partial charge < -0.3 is 9.26 Å². The van der Waals surface area contributed by atoms with Crippen LogP contribution in [0.25, 0.3) is 0 Å². The lowest BCUT2D eigenvalue weighted by Gasteiger charge is -2.35. The number of carbonyl (C=O) groups is 1. The predicted octanol–water partition coefficient (Wildman–Crippen LogP) is 3.68. The normalized spacial score (nSPS) is 13.3. The number of hydroxylamine groups is 1. The standard InChI is InChI=1S/C15H22BrF3N2O5SSi/c1-14(2,3)28(4,5)26-21-13(22)9-20-27(23,24)12-7-6-10(16)8-11(12)25-15(17,18)19/h6-8,20H,9H2,1-5H3,(H,21,22). The van der Waals surface area contributed by atoms with Crippen LogP contribution in [0.4, 0.5) is 13.2 Å². The molecule has 1 amide bonds. The Kier molecular flexibility index (Phi) is 7.72. The summed E-state index contributed by atoms with van der Waals surface area (Å²) in [6.07, 6.45) is -5.08. The third-order valence-corrected chi connectivity index (χ3v) is 10.2. The highest BCUT2D eigenvalue weighted by Crippen LogP contribution is 2.36. The van der Waals surface area contributed by atoms with Crippen molar-refractivity contribution in [3.05, 3.63) is 22.7 Å². The monoisotopic (exact) mass is 506 g/mol. The van der Waals surface area contributed by atoms with E-state index in [1.165, 1.54) is 6.07 Å². The van der Waals surface area contributed by atoms with E-state index < -0.39 is 47.8 Å². The molecule has 1 aromatic rings. The molecule has 0 fully saturated rings. The maximum absolute atomic E-state index is 12.5. The van der Waals surface area contributed by atoms with E-state index in [-0.39, 0.29) is 9.51 Å². The average molecular weight is 507 g/mol. The van der Waals surface area contributed by atoms with Crippen LogP contribution in [-0.4, -0.2) is 35.5 Å². The lowest BCUT2D eigenvalue weighted by molar-refractivity contribution is -0.275. The van der Waals surface area contributed by atoms with Crippen LogP contribution in [0.5, 0.6) is 5.75 Å². The number of carbonyl (C=O) groups excluding carboxylic acids is 1. The third-order valence-electron chi connectivity index (χ3n) is 4.07. The van der Waals surface area contributed by atoms with Gasteiger partial charge in [0.2, 0.25) is 18.3 Å². The first-order valence-electron chi connectivity index (χ1n) is 7.96. The molecule has 160 valence electrons. The molecule has 0 radical (unpaired) electrons. The van der Waals surface area contributed by atoms with Crippen molar-refractivity contribution in [3.8, 4) is 5.75 Å². The number of amides is 1. The number of hydrogen-bond acceptors (Lipinski definition) is 5. The van der Waals surface area contributed by atoms with E-state index in [0.717, 1.165) is 12.1 Å². The molecule has 0 unspecified atom stereocenters. The highest BCUT2D eigenvalue weighted by atomic mass is 79.9. The van der Waals surface area contributed by atoms with E-state index in [2.05, 4.69) is 26.1 Å². The summed E-state index contributed by atoms with van der Waals surface area (Å²) in [6, 6.07) is 3.03. The quantitative estimate of drug-likeness (QED) is 0.434. The van der Waals surface area contributed by atoms with E-state index in [1.54, 1.807) is 0 Å². The number of hydrogen-bond donors (Lipinski definition) is 2. The fraction of sp³-hybridized carbons (Fsp3) is 0.533. The van der Waals surface area contributed by atoms with Crippen molar-refractivity contribution in [2.75, 3.05) is 6.54 Å². The SMILES string of the molecule is CC(C)(C)[Si](C)(C)ONC(=O)CNS(=O)(=O)c1ccc(Br)cc1OC(F)(F)F. The first-order valence-corrected chi connectivity index (χ1v) is 13.1. The predicted molar refractivity (Wildman–Crippen MR) is 102 cm³/mol. The third kappa shape index (κ3) is 7.35. The summed E-state index contributed by atoms with van der Waals surface area (Å²) in [5.41, 5.74) is 2.19. The number of rotatable bonds is 7. The molecule has 0 saturated heterocycles. The van der Waals surface area contributed by atoms with Gasteiger partial charge in [0.25, 0.3) is 5.91 Å². The van der Waals surface area contributed by atoms with Gasteiger partial charge in [0.15, 0.2) is 5.75 Å². The Bertz CT molecular complexity index is 826. The van der Waals surface area contributed by atoms with Crippen molar-refractivity contribution in [3.63, 3.8) is 0 Å². The fourth-order valence-electron chi connectivity index (χ4n) is 1.52. The van der Waals surface area contributed by atoms with Gasteiger partial charge in [-0.2, -0.15) is 0 Å². The second-order valence-corrected chi connectivity index (χ2v) is 14.7. The first-order chi connectivity index (χ1) is 12.4. The van der Waals surface area contributed by atoms with Gasteiger partial charge in [-0.15, -0.1) is 13.2 Å². The lowest BCUT2D eigenvalue weighted by atomic mass is 10.2. The Morgan fingerprint density at radius 3 is 2.29 bits per heavy atom. The molecule has 0 aromatic heterocycles. The maximum Gasteiger partial charge on any atom is 0.573 e. The Labute approximate surface area is 171 Å². The van der Waals surface area contributed by atoms with Crippen LogP contribution >= 0.6 is 15.9 Å². The summed E-state index contributed by atoms with van der Waals surface area (Å²) in [5, 5.41) is -0.193. The topological polar surface area (TPSA) is 93.7 Å². The van der Waals surface area contributed by atoms with Gasteiger partial charge in [-0.1, -0.05) is 36.7 Å². The molecule has 13 heteroatoms. The molecule has 28 heavy (non-hydrogen) atoms. The molecule has 7 nitrogen and oxygen atoms in total. The highest BCUT2D eigenvalue weighted by Gasteiger charge is 2.39.